The van der Waals surface area contributed by atoms with E-state index in [9.17, 15) is 19.2 Å². The summed E-state index contributed by atoms with van der Waals surface area (Å²) in [5, 5.41) is 0. The molecule has 25 heavy (non-hydrogen) atoms. The van der Waals surface area contributed by atoms with E-state index in [4.69, 9.17) is 18.9 Å². The summed E-state index contributed by atoms with van der Waals surface area (Å²) in [4.78, 5) is 50.3. The van der Waals surface area contributed by atoms with Gasteiger partial charge in [-0.25, -0.2) is 0 Å². The van der Waals surface area contributed by atoms with Crippen LogP contribution in [0.3, 0.4) is 0 Å². The Labute approximate surface area is 145 Å². The van der Waals surface area contributed by atoms with Crippen LogP contribution in [0.4, 0.5) is 0 Å². The number of esters is 2. The summed E-state index contributed by atoms with van der Waals surface area (Å²) in [7, 11) is 2.41. The van der Waals surface area contributed by atoms with Crippen LogP contribution >= 0.6 is 0 Å². The highest BCUT2D eigenvalue weighted by Crippen LogP contribution is 2.48. The van der Waals surface area contributed by atoms with Gasteiger partial charge in [-0.2, -0.15) is 0 Å². The Kier molecular flexibility index (Phi) is 5.15. The summed E-state index contributed by atoms with van der Waals surface area (Å²) < 4.78 is 21.0. The molecular formula is C17H22O8. The first-order valence-electron chi connectivity index (χ1n) is 7.92. The predicted octanol–water partition coefficient (Wildman–Crippen LogP) is 0.431. The molecule has 2 aliphatic rings. The van der Waals surface area contributed by atoms with Gasteiger partial charge >= 0.3 is 11.9 Å². The molecule has 2 bridgehead atoms. The number of hydrogen-bond acceptors (Lipinski definition) is 8. The monoisotopic (exact) mass is 354 g/mol. The van der Waals surface area contributed by atoms with E-state index in [0.29, 0.717) is 0 Å². The van der Waals surface area contributed by atoms with Crippen LogP contribution in [0.5, 0.6) is 0 Å². The van der Waals surface area contributed by atoms with Gasteiger partial charge in [0.2, 0.25) is 5.79 Å². The van der Waals surface area contributed by atoms with Gasteiger partial charge in [-0.05, 0) is 32.9 Å². The van der Waals surface area contributed by atoms with Crippen molar-refractivity contribution in [2.45, 2.75) is 32.2 Å². The number of fused-ring (bicyclic) bond motifs is 2. The largest absolute Gasteiger partial charge is 0.468 e. The quantitative estimate of drug-likeness (QED) is 0.398. The average molecular weight is 354 g/mol. The molecule has 2 heterocycles. The van der Waals surface area contributed by atoms with Crippen LogP contribution in [0.1, 0.15) is 20.8 Å². The van der Waals surface area contributed by atoms with Gasteiger partial charge in [-0.3, -0.25) is 19.2 Å². The number of carbonyl (C=O) groups is 4. The van der Waals surface area contributed by atoms with Crippen molar-refractivity contribution in [1.29, 1.82) is 0 Å². The Hall–Kier alpha value is -2.06. The average Bonchev–Trinajstić information content (AvgIpc) is 2.89. The molecule has 0 amide bonds. The normalized spacial score (nSPS) is 36.7. The van der Waals surface area contributed by atoms with Crippen LogP contribution in [0.15, 0.2) is 12.2 Å². The van der Waals surface area contributed by atoms with Crippen molar-refractivity contribution in [1.82, 2.24) is 0 Å². The van der Waals surface area contributed by atoms with Gasteiger partial charge in [0.1, 0.15) is 23.2 Å². The highest BCUT2D eigenvalue weighted by Gasteiger charge is 2.65. The second-order valence-electron chi connectivity index (χ2n) is 6.20. The molecule has 8 heteroatoms. The van der Waals surface area contributed by atoms with Crippen molar-refractivity contribution < 1.29 is 38.1 Å². The third kappa shape index (κ3) is 2.89. The van der Waals surface area contributed by atoms with Crippen molar-refractivity contribution in [3.8, 4) is 0 Å². The first-order valence-corrected chi connectivity index (χ1v) is 7.92. The minimum Gasteiger partial charge on any atom is -0.468 e. The highest BCUT2D eigenvalue weighted by atomic mass is 16.7. The molecule has 0 radical (unpaired) electrons. The Bertz CT molecular complexity index is 639. The van der Waals surface area contributed by atoms with Gasteiger partial charge in [0.25, 0.3) is 0 Å². The van der Waals surface area contributed by atoms with Crippen molar-refractivity contribution in [2.75, 3.05) is 20.8 Å². The van der Waals surface area contributed by atoms with E-state index < -0.39 is 52.6 Å². The minimum absolute atomic E-state index is 0.0531. The molecule has 0 aromatic rings. The zero-order valence-electron chi connectivity index (χ0n) is 14.9. The molecule has 0 aromatic heterocycles. The Morgan fingerprint density at radius 2 is 1.84 bits per heavy atom. The predicted molar refractivity (Wildman–Crippen MR) is 83.2 cm³/mol. The lowest BCUT2D eigenvalue weighted by atomic mass is 9.70. The van der Waals surface area contributed by atoms with E-state index >= 15 is 0 Å². The van der Waals surface area contributed by atoms with Gasteiger partial charge in [-0.1, -0.05) is 0 Å². The number of rotatable bonds is 5. The minimum atomic E-state index is -1.68. The van der Waals surface area contributed by atoms with Crippen LogP contribution in [-0.2, 0) is 38.1 Å². The molecule has 2 aliphatic heterocycles. The Balaban J connectivity index is 2.72. The Morgan fingerprint density at radius 3 is 2.32 bits per heavy atom. The molecule has 0 aromatic carbocycles. The number of ether oxygens (including phenoxy) is 4. The molecule has 2 unspecified atom stereocenters. The summed E-state index contributed by atoms with van der Waals surface area (Å²) >= 11 is 0. The molecule has 1 saturated heterocycles. The van der Waals surface area contributed by atoms with Crippen LogP contribution < -0.4 is 0 Å². The Morgan fingerprint density at radius 1 is 1.20 bits per heavy atom. The fraction of sp³-hybridized carbons (Fsp3) is 0.647. The first-order chi connectivity index (χ1) is 11.7. The SMILES string of the molecule is CCOC(=O)[C@H]1C(C(C)=O)C(C(=O)OC)C(=O)[C@]2(C)C=C[C@@]1(OC)O2. The second kappa shape index (κ2) is 6.68. The lowest BCUT2D eigenvalue weighted by molar-refractivity contribution is -0.245. The number of carbonyl (C=O) groups excluding carboxylic acids is 4. The molecule has 0 aliphatic carbocycles. The number of methoxy groups -OCH3 is 2. The maximum absolute atomic E-state index is 13.0. The summed E-state index contributed by atoms with van der Waals surface area (Å²) in [5.74, 6) is -8.74. The van der Waals surface area contributed by atoms with Gasteiger partial charge in [-0.15, -0.1) is 0 Å². The van der Waals surface area contributed by atoms with E-state index in [0.717, 1.165) is 7.11 Å². The molecule has 138 valence electrons. The van der Waals surface area contributed by atoms with Gasteiger partial charge in [0.15, 0.2) is 5.78 Å². The van der Waals surface area contributed by atoms with Gasteiger partial charge in [0.05, 0.1) is 19.6 Å². The maximum Gasteiger partial charge on any atom is 0.317 e. The smallest absolute Gasteiger partial charge is 0.317 e. The van der Waals surface area contributed by atoms with Gasteiger partial charge < -0.3 is 18.9 Å². The van der Waals surface area contributed by atoms with E-state index in [1.54, 1.807) is 6.92 Å². The zero-order chi connectivity index (χ0) is 19.0. The highest BCUT2D eigenvalue weighted by molar-refractivity contribution is 6.09. The summed E-state index contributed by atoms with van der Waals surface area (Å²) in [6.45, 7) is 4.31. The van der Waals surface area contributed by atoms with E-state index in [2.05, 4.69) is 0 Å². The summed E-state index contributed by atoms with van der Waals surface area (Å²) in [6.07, 6.45) is 2.85. The van der Waals surface area contributed by atoms with Crippen molar-refractivity contribution in [3.05, 3.63) is 12.2 Å². The lowest BCUT2D eigenvalue weighted by Gasteiger charge is -2.36. The van der Waals surface area contributed by atoms with E-state index in [-0.39, 0.29) is 6.61 Å². The third-order valence-corrected chi connectivity index (χ3v) is 4.71. The number of Topliss-reactive ketones (excluding diaryl/α,β-unsaturated/α-hetero) is 2. The van der Waals surface area contributed by atoms with Crippen LogP contribution in [0, 0.1) is 17.8 Å². The van der Waals surface area contributed by atoms with E-state index in [1.807, 2.05) is 0 Å². The maximum atomic E-state index is 13.0. The van der Waals surface area contributed by atoms with Crippen molar-refractivity contribution in [3.63, 3.8) is 0 Å². The fourth-order valence-electron chi connectivity index (χ4n) is 3.52. The molecule has 5 atom stereocenters. The summed E-state index contributed by atoms with van der Waals surface area (Å²) in [5.41, 5.74) is -1.52. The number of hydrogen-bond donors (Lipinski definition) is 0. The third-order valence-electron chi connectivity index (χ3n) is 4.71. The summed E-state index contributed by atoms with van der Waals surface area (Å²) in [6, 6.07) is 0. The fourth-order valence-corrected chi connectivity index (χ4v) is 3.52. The zero-order valence-corrected chi connectivity index (χ0v) is 14.9. The van der Waals surface area contributed by atoms with Crippen LogP contribution in [0.25, 0.3) is 0 Å². The van der Waals surface area contributed by atoms with Crippen molar-refractivity contribution in [2.24, 2.45) is 17.8 Å². The molecule has 0 saturated carbocycles. The molecule has 1 fully saturated rings. The topological polar surface area (TPSA) is 105 Å². The number of ketones is 2. The molecule has 0 N–H and O–H groups in total. The molecule has 8 nitrogen and oxygen atoms in total. The molecular weight excluding hydrogens is 332 g/mol. The standard InChI is InChI=1S/C17H22O8/c1-6-24-15(21)12-10(9(2)18)11(14(20)22-4)13(19)16(3)7-8-17(12,23-5)25-16/h7-8,10-12H,6H2,1-5H3/t10?,11?,12-,16+,17-/m1/s1. The molecule has 0 spiro atoms. The lowest BCUT2D eigenvalue weighted by Crippen LogP contribution is -2.51. The second-order valence-corrected chi connectivity index (χ2v) is 6.20. The van der Waals surface area contributed by atoms with Crippen LogP contribution in [0.2, 0.25) is 0 Å². The van der Waals surface area contributed by atoms with E-state index in [1.165, 1.54) is 33.1 Å². The van der Waals surface area contributed by atoms with Crippen LogP contribution in [-0.4, -0.2) is 55.7 Å². The molecule has 2 rings (SSSR count). The van der Waals surface area contributed by atoms with Gasteiger partial charge in [0, 0.05) is 7.11 Å². The first kappa shape index (κ1) is 19.3. The van der Waals surface area contributed by atoms with Crippen molar-refractivity contribution >= 4 is 23.5 Å².